The van der Waals surface area contributed by atoms with E-state index in [4.69, 9.17) is 4.74 Å². The molecule has 0 saturated carbocycles. The molecule has 0 spiro atoms. The molecule has 1 aromatic rings. The number of aryl methyl sites for hydroxylation is 1. The minimum atomic E-state index is -1.56. The third-order valence-electron chi connectivity index (χ3n) is 3.86. The fourth-order valence-electron chi connectivity index (χ4n) is 2.59. The van der Waals surface area contributed by atoms with Gasteiger partial charge in [0.2, 0.25) is 0 Å². The first-order valence-electron chi connectivity index (χ1n) is 7.99. The molecule has 0 bridgehead atoms. The van der Waals surface area contributed by atoms with Gasteiger partial charge in [-0.15, -0.1) is 0 Å². The highest BCUT2D eigenvalue weighted by Gasteiger charge is 2.48. The zero-order chi connectivity index (χ0) is 18.8. The van der Waals surface area contributed by atoms with Crippen molar-refractivity contribution in [3.8, 4) is 0 Å². The minimum absolute atomic E-state index is 0.104. The van der Waals surface area contributed by atoms with Crippen molar-refractivity contribution >= 4 is 18.0 Å². The van der Waals surface area contributed by atoms with Gasteiger partial charge in [0.25, 0.3) is 5.91 Å². The summed E-state index contributed by atoms with van der Waals surface area (Å²) in [6.07, 6.45) is 0.744. The Kier molecular flexibility index (Phi) is 5.01. The van der Waals surface area contributed by atoms with Crippen LogP contribution in [0.15, 0.2) is 18.3 Å². The van der Waals surface area contributed by atoms with E-state index in [2.05, 4.69) is 10.3 Å². The molecular weight excluding hydrogens is 326 g/mol. The van der Waals surface area contributed by atoms with E-state index >= 15 is 0 Å². The molecule has 136 valence electrons. The number of nitrogens with one attached hydrogen (secondary N) is 1. The number of carboxylic acids is 1. The molecule has 1 aromatic heterocycles. The quantitative estimate of drug-likeness (QED) is 0.858. The smallest absolute Gasteiger partial charge is 0.408 e. The Morgan fingerprint density at radius 3 is 2.52 bits per heavy atom. The Balaban J connectivity index is 2.12. The van der Waals surface area contributed by atoms with Gasteiger partial charge in [-0.25, -0.2) is 9.59 Å². The van der Waals surface area contributed by atoms with Crippen LogP contribution in [0.3, 0.4) is 0 Å². The van der Waals surface area contributed by atoms with Crippen LogP contribution in [-0.4, -0.2) is 57.2 Å². The molecule has 25 heavy (non-hydrogen) atoms. The largest absolute Gasteiger partial charge is 0.479 e. The van der Waals surface area contributed by atoms with Crippen molar-refractivity contribution < 1.29 is 24.2 Å². The number of rotatable bonds is 3. The molecule has 2 N–H and O–H groups in total. The van der Waals surface area contributed by atoms with Crippen LogP contribution in [0, 0.1) is 6.92 Å². The summed E-state index contributed by atoms with van der Waals surface area (Å²) in [7, 11) is 0. The molecule has 2 amide bonds. The summed E-state index contributed by atoms with van der Waals surface area (Å²) in [5, 5.41) is 12.0. The van der Waals surface area contributed by atoms with Crippen LogP contribution in [0.4, 0.5) is 4.79 Å². The lowest BCUT2D eigenvalue weighted by Gasteiger charge is -2.28. The highest BCUT2D eigenvalue weighted by molar-refractivity contribution is 5.95. The number of amides is 2. The van der Waals surface area contributed by atoms with Crippen molar-refractivity contribution in [3.63, 3.8) is 0 Å². The number of alkyl carbamates (subject to hydrolysis) is 1. The number of carbonyl (C=O) groups excluding carboxylic acids is 2. The number of aromatic nitrogens is 1. The molecule has 0 radical (unpaired) electrons. The Bertz CT molecular complexity index is 681. The van der Waals surface area contributed by atoms with E-state index in [1.807, 2.05) is 6.92 Å². The number of pyridine rings is 1. The second-order valence-corrected chi connectivity index (χ2v) is 7.18. The second-order valence-electron chi connectivity index (χ2n) is 7.18. The maximum Gasteiger partial charge on any atom is 0.408 e. The first-order chi connectivity index (χ1) is 11.5. The number of nitrogens with zero attached hydrogens (tertiary/aromatic N) is 2. The highest BCUT2D eigenvalue weighted by atomic mass is 16.6. The monoisotopic (exact) mass is 349 g/mol. The standard InChI is InChI=1S/C17H23N3O5/c1-11-5-6-12(9-18-11)13(21)20-8-7-17(10-20,14(22)23)19-15(24)25-16(2,3)4/h5-6,9H,7-8,10H2,1-4H3,(H,19,24)(H,22,23). The molecule has 8 heteroatoms. The average Bonchev–Trinajstić information content (AvgIpc) is 2.90. The van der Waals surface area contributed by atoms with Crippen molar-refractivity contribution in [1.82, 2.24) is 15.2 Å². The van der Waals surface area contributed by atoms with Crippen LogP contribution >= 0.6 is 0 Å². The zero-order valence-corrected chi connectivity index (χ0v) is 14.8. The molecule has 1 aliphatic rings. The Labute approximate surface area is 146 Å². The van der Waals surface area contributed by atoms with Gasteiger partial charge in [-0.05, 0) is 39.8 Å². The van der Waals surface area contributed by atoms with Crippen molar-refractivity contribution in [2.75, 3.05) is 13.1 Å². The normalized spacial score (nSPS) is 20.2. The number of aliphatic carboxylic acids is 1. The maximum absolute atomic E-state index is 12.5. The van der Waals surface area contributed by atoms with Crippen LogP contribution in [0.2, 0.25) is 0 Å². The molecule has 2 rings (SSSR count). The lowest BCUT2D eigenvalue weighted by atomic mass is 9.99. The summed E-state index contributed by atoms with van der Waals surface area (Å²) in [4.78, 5) is 41.8. The van der Waals surface area contributed by atoms with E-state index < -0.39 is 23.2 Å². The molecule has 1 fully saturated rings. The number of hydrogen-bond donors (Lipinski definition) is 2. The third kappa shape index (κ3) is 4.46. The van der Waals surface area contributed by atoms with Gasteiger partial charge in [-0.2, -0.15) is 0 Å². The van der Waals surface area contributed by atoms with Crippen LogP contribution in [0.25, 0.3) is 0 Å². The lowest BCUT2D eigenvalue weighted by Crippen LogP contribution is -2.57. The fraction of sp³-hybridized carbons (Fsp3) is 0.529. The summed E-state index contributed by atoms with van der Waals surface area (Å²) in [5.74, 6) is -1.52. The molecule has 0 aromatic carbocycles. The first-order valence-corrected chi connectivity index (χ1v) is 7.99. The maximum atomic E-state index is 12.5. The zero-order valence-electron chi connectivity index (χ0n) is 14.8. The van der Waals surface area contributed by atoms with Crippen LogP contribution in [-0.2, 0) is 9.53 Å². The van der Waals surface area contributed by atoms with Crippen molar-refractivity contribution in [3.05, 3.63) is 29.6 Å². The predicted octanol–water partition coefficient (Wildman–Crippen LogP) is 1.58. The van der Waals surface area contributed by atoms with E-state index in [9.17, 15) is 19.5 Å². The Morgan fingerprint density at radius 2 is 2.00 bits per heavy atom. The molecule has 1 saturated heterocycles. The topological polar surface area (TPSA) is 109 Å². The SMILES string of the molecule is Cc1ccc(C(=O)N2CCC(NC(=O)OC(C)(C)C)(C(=O)O)C2)cn1. The number of hydrogen-bond acceptors (Lipinski definition) is 5. The molecule has 1 unspecified atom stereocenters. The van der Waals surface area contributed by atoms with Gasteiger partial charge >= 0.3 is 12.1 Å². The molecule has 1 atom stereocenters. The Hall–Kier alpha value is -2.64. The van der Waals surface area contributed by atoms with Gasteiger partial charge in [0.1, 0.15) is 5.60 Å². The summed E-state index contributed by atoms with van der Waals surface area (Å²) in [5.41, 5.74) is -1.14. The summed E-state index contributed by atoms with van der Waals surface area (Å²) >= 11 is 0. The molecular formula is C17H23N3O5. The number of carboxylic acid groups (broad SMARTS) is 1. The van der Waals surface area contributed by atoms with Gasteiger partial charge in [0, 0.05) is 24.9 Å². The molecule has 2 heterocycles. The van der Waals surface area contributed by atoms with Crippen molar-refractivity contribution in [2.45, 2.75) is 45.3 Å². The summed E-state index contributed by atoms with van der Waals surface area (Å²) in [6, 6.07) is 3.36. The van der Waals surface area contributed by atoms with E-state index in [1.54, 1.807) is 32.9 Å². The van der Waals surface area contributed by atoms with Crippen LogP contribution in [0.5, 0.6) is 0 Å². The van der Waals surface area contributed by atoms with Gasteiger partial charge in [-0.1, -0.05) is 0 Å². The van der Waals surface area contributed by atoms with E-state index in [1.165, 1.54) is 11.1 Å². The Morgan fingerprint density at radius 1 is 1.32 bits per heavy atom. The minimum Gasteiger partial charge on any atom is -0.479 e. The summed E-state index contributed by atoms with van der Waals surface area (Å²) in [6.45, 7) is 6.96. The average molecular weight is 349 g/mol. The van der Waals surface area contributed by atoms with E-state index in [-0.39, 0.29) is 25.4 Å². The van der Waals surface area contributed by atoms with Gasteiger partial charge in [0.05, 0.1) is 12.1 Å². The fourth-order valence-corrected chi connectivity index (χ4v) is 2.59. The van der Waals surface area contributed by atoms with Gasteiger partial charge in [-0.3, -0.25) is 9.78 Å². The number of ether oxygens (including phenoxy) is 1. The lowest BCUT2D eigenvalue weighted by molar-refractivity contribution is -0.144. The second kappa shape index (κ2) is 6.70. The van der Waals surface area contributed by atoms with E-state index in [0.29, 0.717) is 5.56 Å². The van der Waals surface area contributed by atoms with Crippen LogP contribution in [0.1, 0.15) is 43.2 Å². The van der Waals surface area contributed by atoms with Crippen molar-refractivity contribution in [1.29, 1.82) is 0 Å². The number of likely N-dealkylation sites (tertiary alicyclic amines) is 1. The number of carbonyl (C=O) groups is 3. The summed E-state index contributed by atoms with van der Waals surface area (Å²) < 4.78 is 5.14. The van der Waals surface area contributed by atoms with Crippen LogP contribution < -0.4 is 5.32 Å². The van der Waals surface area contributed by atoms with Crippen molar-refractivity contribution in [2.24, 2.45) is 0 Å². The van der Waals surface area contributed by atoms with E-state index in [0.717, 1.165) is 5.69 Å². The highest BCUT2D eigenvalue weighted by Crippen LogP contribution is 2.24. The van der Waals surface area contributed by atoms with Gasteiger partial charge in [0.15, 0.2) is 5.54 Å². The third-order valence-corrected chi connectivity index (χ3v) is 3.86. The first kappa shape index (κ1) is 18.7. The molecule has 0 aliphatic carbocycles. The molecule has 1 aliphatic heterocycles. The predicted molar refractivity (Wildman–Crippen MR) is 89.2 cm³/mol. The molecule has 8 nitrogen and oxygen atoms in total. The van der Waals surface area contributed by atoms with Gasteiger partial charge < -0.3 is 20.1 Å².